The molecule has 1 aromatic heterocycles. The summed E-state index contributed by atoms with van der Waals surface area (Å²) in [4.78, 5) is 0. The van der Waals surface area contributed by atoms with E-state index in [4.69, 9.17) is 0 Å². The molecule has 4 heteroatoms. The van der Waals surface area contributed by atoms with Crippen molar-refractivity contribution in [3.8, 4) is 11.3 Å². The molecule has 0 unspecified atom stereocenters. The summed E-state index contributed by atoms with van der Waals surface area (Å²) in [7, 11) is 0. The van der Waals surface area contributed by atoms with Crippen LogP contribution >= 0.6 is 0 Å². The van der Waals surface area contributed by atoms with Crippen LogP contribution in [0.1, 0.15) is 5.56 Å². The van der Waals surface area contributed by atoms with Gasteiger partial charge >= 0.3 is 14.1 Å². The van der Waals surface area contributed by atoms with Crippen molar-refractivity contribution in [3.63, 3.8) is 0 Å². The predicted octanol–water partition coefficient (Wildman–Crippen LogP) is 2.95. The average Bonchev–Trinajstić information content (AvgIpc) is 2.93. The Morgan fingerprint density at radius 3 is 2.14 bits per heavy atom. The van der Waals surface area contributed by atoms with Gasteiger partial charge < -0.3 is 0 Å². The third-order valence-electron chi connectivity index (χ3n) is 3.54. The molecule has 0 aliphatic heterocycles. The van der Waals surface area contributed by atoms with Crippen LogP contribution in [-0.2, 0) is 6.54 Å². The average molecular weight is 291 g/mol. The molecule has 0 aliphatic rings. The Kier molecular flexibility index (Phi) is 4.19. The number of rotatable bonds is 4. The zero-order chi connectivity index (χ0) is 14.7. The van der Waals surface area contributed by atoms with Crippen LogP contribution < -0.4 is 4.56 Å². The zero-order valence-electron chi connectivity index (χ0n) is 12.4. The summed E-state index contributed by atoms with van der Waals surface area (Å²) < 4.78 is 3.40. The molecule has 0 bridgehead atoms. The highest BCUT2D eigenvalue weighted by Crippen LogP contribution is 2.15. The molecule has 0 aliphatic carbocycles. The first-order chi connectivity index (χ1) is 10.3. The summed E-state index contributed by atoms with van der Waals surface area (Å²) in [6.45, 7) is 0.793. The summed E-state index contributed by atoms with van der Waals surface area (Å²) in [6.07, 6.45) is 0. The summed E-state index contributed by atoms with van der Waals surface area (Å²) in [5.74, 6) is 4.65. The van der Waals surface area contributed by atoms with Gasteiger partial charge in [-0.2, -0.15) is 0 Å². The minimum Gasteiger partial charge on any atom is -0.261 e. The van der Waals surface area contributed by atoms with Gasteiger partial charge in [0.1, 0.15) is 0 Å². The summed E-state index contributed by atoms with van der Waals surface area (Å²) in [5, 5.41) is 8.86. The predicted molar refractivity (Wildman–Crippen MR) is 88.1 cm³/mol. The first-order valence-corrected chi connectivity index (χ1v) is 10.2. The molecule has 3 aromatic rings. The standard InChI is InChI=1S/C15H12N3.2CH3.Al/c1-3-7-13(8-4-1)11-18-12-15(16-17-18)14-9-5-2-6-10-14;;;/h1-10H,11H2;2*1H3;. The summed E-state index contributed by atoms with van der Waals surface area (Å²) in [6, 6.07) is 20.8. The lowest BCUT2D eigenvalue weighted by atomic mass is 10.2. The van der Waals surface area contributed by atoms with E-state index in [0.29, 0.717) is 0 Å². The molecule has 21 heavy (non-hydrogen) atoms. The summed E-state index contributed by atoms with van der Waals surface area (Å²) >= 11 is -1.03. The van der Waals surface area contributed by atoms with Gasteiger partial charge in [-0.15, -0.1) is 16.7 Å². The molecule has 0 saturated heterocycles. The molecule has 104 valence electrons. The maximum Gasteiger partial charge on any atom is 0.333 e. The van der Waals surface area contributed by atoms with Gasteiger partial charge in [-0.1, -0.05) is 65.9 Å². The molecule has 0 atom stereocenters. The molecule has 2 aromatic carbocycles. The van der Waals surface area contributed by atoms with E-state index in [1.54, 1.807) is 0 Å². The minimum absolute atomic E-state index is 0.793. The Labute approximate surface area is 129 Å². The van der Waals surface area contributed by atoms with Crippen molar-refractivity contribution in [1.82, 2.24) is 15.0 Å². The fraction of sp³-hybridized carbons (Fsp3) is 0.176. The van der Waals surface area contributed by atoms with Crippen molar-refractivity contribution >= 4 is 18.7 Å². The third-order valence-corrected chi connectivity index (χ3v) is 5.21. The van der Waals surface area contributed by atoms with Crippen LogP contribution in [-0.4, -0.2) is 29.1 Å². The van der Waals surface area contributed by atoms with Gasteiger partial charge in [0.2, 0.25) is 0 Å². The quantitative estimate of drug-likeness (QED) is 0.692. The Morgan fingerprint density at radius 1 is 0.905 bits per heavy atom. The topological polar surface area (TPSA) is 30.7 Å². The van der Waals surface area contributed by atoms with Crippen LogP contribution in [0.4, 0.5) is 0 Å². The minimum atomic E-state index is -1.03. The van der Waals surface area contributed by atoms with Crippen molar-refractivity contribution in [3.05, 3.63) is 66.2 Å². The van der Waals surface area contributed by atoms with Crippen LogP contribution in [0.2, 0.25) is 11.6 Å². The fourth-order valence-electron chi connectivity index (χ4n) is 2.57. The maximum absolute atomic E-state index is 4.45. The van der Waals surface area contributed by atoms with Crippen molar-refractivity contribution in [2.24, 2.45) is 0 Å². The van der Waals surface area contributed by atoms with E-state index in [-0.39, 0.29) is 0 Å². The smallest absolute Gasteiger partial charge is 0.261 e. The van der Waals surface area contributed by atoms with E-state index < -0.39 is 14.1 Å². The lowest BCUT2D eigenvalue weighted by molar-refractivity contribution is 0.663. The van der Waals surface area contributed by atoms with Crippen LogP contribution in [0.25, 0.3) is 11.3 Å². The van der Waals surface area contributed by atoms with Gasteiger partial charge in [-0.3, -0.25) is 4.68 Å². The van der Waals surface area contributed by atoms with Crippen molar-refractivity contribution in [1.29, 1.82) is 0 Å². The number of benzene rings is 2. The molecule has 0 fully saturated rings. The Hall–Kier alpha value is -1.89. The van der Waals surface area contributed by atoms with Crippen molar-refractivity contribution in [2.75, 3.05) is 0 Å². The Morgan fingerprint density at radius 2 is 1.52 bits per heavy atom. The Balaban J connectivity index is 2.01. The van der Waals surface area contributed by atoms with E-state index in [1.165, 1.54) is 10.1 Å². The highest BCUT2D eigenvalue weighted by molar-refractivity contribution is 6.71. The van der Waals surface area contributed by atoms with E-state index in [1.807, 2.05) is 12.1 Å². The highest BCUT2D eigenvalue weighted by atomic mass is 27.2. The monoisotopic (exact) mass is 291 g/mol. The number of hydrogen-bond acceptors (Lipinski definition) is 2. The first-order valence-electron chi connectivity index (χ1n) is 7.28. The van der Waals surface area contributed by atoms with E-state index in [0.717, 1.165) is 17.8 Å². The lowest BCUT2D eigenvalue weighted by Gasteiger charge is -2.09. The first kappa shape index (κ1) is 14.1. The molecule has 0 amide bonds. The fourth-order valence-corrected chi connectivity index (χ4v) is 4.08. The van der Waals surface area contributed by atoms with E-state index >= 15 is 0 Å². The molecule has 0 N–H and O–H groups in total. The number of nitrogens with zero attached hydrogens (tertiary/aromatic N) is 3. The maximum atomic E-state index is 4.45. The van der Waals surface area contributed by atoms with Gasteiger partial charge in [0.05, 0.1) is 12.2 Å². The second-order valence-electron chi connectivity index (χ2n) is 5.49. The van der Waals surface area contributed by atoms with Crippen molar-refractivity contribution in [2.45, 2.75) is 18.1 Å². The largest absolute Gasteiger partial charge is 0.333 e. The molecule has 0 saturated carbocycles. The molecule has 3 rings (SSSR count). The van der Waals surface area contributed by atoms with Gasteiger partial charge in [0.15, 0.2) is 0 Å². The van der Waals surface area contributed by atoms with E-state index in [9.17, 15) is 0 Å². The van der Waals surface area contributed by atoms with Crippen LogP contribution in [0.15, 0.2) is 60.7 Å². The molecule has 1 heterocycles. The normalized spacial score (nSPS) is 10.6. The van der Waals surface area contributed by atoms with Gasteiger partial charge in [-0.25, -0.2) is 0 Å². The second-order valence-corrected chi connectivity index (χ2v) is 8.34. The van der Waals surface area contributed by atoms with Crippen LogP contribution in [0.3, 0.4) is 0 Å². The molecule has 0 spiro atoms. The number of aromatic nitrogens is 3. The molecular formula is C17H18AlN3. The van der Waals surface area contributed by atoms with Gasteiger partial charge in [0.25, 0.3) is 0 Å². The lowest BCUT2D eigenvalue weighted by Crippen LogP contribution is -2.33. The summed E-state index contributed by atoms with van der Waals surface area (Å²) in [5.41, 5.74) is 3.47. The van der Waals surface area contributed by atoms with Crippen LogP contribution in [0.5, 0.6) is 0 Å². The second kappa shape index (κ2) is 6.26. The van der Waals surface area contributed by atoms with E-state index in [2.05, 4.69) is 75.1 Å². The third kappa shape index (κ3) is 3.07. The van der Waals surface area contributed by atoms with Crippen molar-refractivity contribution < 1.29 is 0 Å². The zero-order valence-corrected chi connectivity index (χ0v) is 13.6. The van der Waals surface area contributed by atoms with Gasteiger partial charge in [-0.05, 0) is 10.1 Å². The molecular weight excluding hydrogens is 273 g/mol. The SMILES string of the molecule is [CH3][Al]([CH3])[c]1c(-c2ccccc2)nnn1Cc1ccccc1. The highest BCUT2D eigenvalue weighted by Gasteiger charge is 2.20. The number of hydrogen-bond donors (Lipinski definition) is 0. The molecule has 0 radical (unpaired) electrons. The Bertz CT molecular complexity index is 705. The van der Waals surface area contributed by atoms with Gasteiger partial charge in [0, 0.05) is 5.56 Å². The molecule has 3 nitrogen and oxygen atoms in total. The van der Waals surface area contributed by atoms with Crippen LogP contribution in [0, 0.1) is 0 Å².